The summed E-state index contributed by atoms with van der Waals surface area (Å²) in [5, 5.41) is -0.435. The highest BCUT2D eigenvalue weighted by molar-refractivity contribution is 7.89. The standard InChI is InChI=1S/C24H32F3N5O3S/c1-14(2)36(33,34)32-6-4-16(5-7-32)15(3)35-17-10-29-24(30-11-17)31-12-19(23(28)13-31)18-8-21(26)22(27)9-20(18)25/h8-11,14-16,19,23H,4-7,12-13,28H2,1-3H3. The number of nitrogens with two attached hydrogens (primary N) is 1. The number of sulfonamides is 1. The van der Waals surface area contributed by atoms with Crippen molar-refractivity contribution < 1.29 is 26.3 Å². The predicted octanol–water partition coefficient (Wildman–Crippen LogP) is 3.04. The second-order valence-electron chi connectivity index (χ2n) is 9.84. The zero-order valence-electron chi connectivity index (χ0n) is 20.6. The molecule has 2 saturated heterocycles. The van der Waals surface area contributed by atoms with Crippen molar-refractivity contribution in [1.29, 1.82) is 0 Å². The van der Waals surface area contributed by atoms with E-state index in [1.54, 1.807) is 35.4 Å². The third-order valence-electron chi connectivity index (χ3n) is 7.14. The maximum absolute atomic E-state index is 14.3. The fraction of sp³-hybridized carbons (Fsp3) is 0.583. The lowest BCUT2D eigenvalue weighted by atomic mass is 9.93. The van der Waals surface area contributed by atoms with Crippen LogP contribution in [0.5, 0.6) is 5.75 Å². The minimum absolute atomic E-state index is 0.0323. The molecule has 2 N–H and O–H groups in total. The number of hydrogen-bond acceptors (Lipinski definition) is 7. The lowest BCUT2D eigenvalue weighted by molar-refractivity contribution is 0.110. The van der Waals surface area contributed by atoms with Gasteiger partial charge in [0.2, 0.25) is 16.0 Å². The Balaban J connectivity index is 1.35. The molecule has 0 amide bonds. The first-order valence-electron chi connectivity index (χ1n) is 12.1. The molecule has 2 aromatic rings. The van der Waals surface area contributed by atoms with E-state index >= 15 is 0 Å². The number of aromatic nitrogens is 2. The molecule has 0 bridgehead atoms. The Morgan fingerprint density at radius 1 is 1.00 bits per heavy atom. The van der Waals surface area contributed by atoms with Crippen molar-refractivity contribution >= 4 is 16.0 Å². The number of nitrogens with zero attached hydrogens (tertiary/aromatic N) is 4. The van der Waals surface area contributed by atoms with E-state index < -0.39 is 44.7 Å². The van der Waals surface area contributed by atoms with Crippen LogP contribution < -0.4 is 15.4 Å². The molecule has 3 unspecified atom stereocenters. The maximum atomic E-state index is 14.3. The molecule has 3 atom stereocenters. The molecule has 0 radical (unpaired) electrons. The Morgan fingerprint density at radius 2 is 1.61 bits per heavy atom. The zero-order chi connectivity index (χ0) is 26.2. The van der Waals surface area contributed by atoms with Crippen molar-refractivity contribution in [2.24, 2.45) is 11.7 Å². The van der Waals surface area contributed by atoms with E-state index in [1.165, 1.54) is 0 Å². The SMILES string of the molecule is CC(Oc1cnc(N2CC(N)C(c3cc(F)c(F)cc3F)C2)nc1)C1CCN(S(=O)(=O)C(C)C)CC1. The van der Waals surface area contributed by atoms with Crippen LogP contribution in [-0.4, -0.2) is 66.3 Å². The number of piperidine rings is 1. The Kier molecular flexibility index (Phi) is 7.77. The molecule has 36 heavy (non-hydrogen) atoms. The average molecular weight is 528 g/mol. The lowest BCUT2D eigenvalue weighted by Crippen LogP contribution is -2.44. The van der Waals surface area contributed by atoms with Gasteiger partial charge in [0.05, 0.1) is 23.7 Å². The number of hydrogen-bond donors (Lipinski definition) is 1. The summed E-state index contributed by atoms with van der Waals surface area (Å²) in [5.74, 6) is -2.66. The molecular formula is C24H32F3N5O3S. The number of benzene rings is 1. The molecule has 3 heterocycles. The molecule has 1 aromatic carbocycles. The minimum Gasteiger partial charge on any atom is -0.487 e. The largest absolute Gasteiger partial charge is 0.487 e. The summed E-state index contributed by atoms with van der Waals surface area (Å²) in [5.41, 5.74) is 6.21. The van der Waals surface area contributed by atoms with E-state index in [4.69, 9.17) is 10.5 Å². The van der Waals surface area contributed by atoms with Gasteiger partial charge < -0.3 is 15.4 Å². The molecule has 2 fully saturated rings. The quantitative estimate of drug-likeness (QED) is 0.553. The van der Waals surface area contributed by atoms with Gasteiger partial charge in [-0.3, -0.25) is 0 Å². The fourth-order valence-electron chi connectivity index (χ4n) is 4.89. The summed E-state index contributed by atoms with van der Waals surface area (Å²) >= 11 is 0. The first kappa shape index (κ1) is 26.6. The minimum atomic E-state index is -3.25. The molecule has 198 valence electrons. The van der Waals surface area contributed by atoms with Crippen LogP contribution in [0, 0.1) is 23.4 Å². The van der Waals surface area contributed by atoms with Crippen LogP contribution >= 0.6 is 0 Å². The third-order valence-corrected chi connectivity index (χ3v) is 9.42. The van der Waals surface area contributed by atoms with Gasteiger partial charge in [0.15, 0.2) is 17.4 Å². The van der Waals surface area contributed by atoms with Gasteiger partial charge in [-0.1, -0.05) is 0 Å². The van der Waals surface area contributed by atoms with E-state index in [0.717, 1.165) is 6.07 Å². The molecular weight excluding hydrogens is 495 g/mol. The molecule has 4 rings (SSSR count). The summed E-state index contributed by atoms with van der Waals surface area (Å²) in [7, 11) is -3.25. The van der Waals surface area contributed by atoms with E-state index in [9.17, 15) is 21.6 Å². The van der Waals surface area contributed by atoms with Crippen LogP contribution in [0.4, 0.5) is 19.1 Å². The van der Waals surface area contributed by atoms with Crippen LogP contribution in [0.25, 0.3) is 0 Å². The van der Waals surface area contributed by atoms with Gasteiger partial charge in [0.25, 0.3) is 0 Å². The maximum Gasteiger partial charge on any atom is 0.225 e. The molecule has 2 aliphatic rings. The highest BCUT2D eigenvalue weighted by Gasteiger charge is 2.35. The van der Waals surface area contributed by atoms with Crippen LogP contribution in [0.1, 0.15) is 45.1 Å². The highest BCUT2D eigenvalue weighted by Crippen LogP contribution is 2.32. The van der Waals surface area contributed by atoms with E-state index in [2.05, 4.69) is 9.97 Å². The van der Waals surface area contributed by atoms with Gasteiger partial charge in [-0.05, 0) is 51.2 Å². The fourth-order valence-corrected chi connectivity index (χ4v) is 6.20. The Labute approximate surface area is 209 Å². The van der Waals surface area contributed by atoms with Crippen molar-refractivity contribution in [3.05, 3.63) is 47.5 Å². The molecule has 12 heteroatoms. The van der Waals surface area contributed by atoms with Crippen molar-refractivity contribution in [1.82, 2.24) is 14.3 Å². The van der Waals surface area contributed by atoms with Gasteiger partial charge in [-0.15, -0.1) is 0 Å². The second-order valence-corrected chi connectivity index (χ2v) is 12.3. The number of rotatable bonds is 7. The lowest BCUT2D eigenvalue weighted by Gasteiger charge is -2.34. The van der Waals surface area contributed by atoms with Crippen LogP contribution in [0.3, 0.4) is 0 Å². The van der Waals surface area contributed by atoms with E-state index in [0.29, 0.717) is 50.2 Å². The summed E-state index contributed by atoms with van der Waals surface area (Å²) in [6.45, 7) is 6.87. The van der Waals surface area contributed by atoms with Crippen LogP contribution in [0.2, 0.25) is 0 Å². The summed E-state index contributed by atoms with van der Waals surface area (Å²) in [6.07, 6.45) is 4.37. The van der Waals surface area contributed by atoms with Crippen LogP contribution in [-0.2, 0) is 10.0 Å². The molecule has 8 nitrogen and oxygen atoms in total. The highest BCUT2D eigenvalue weighted by atomic mass is 32.2. The number of anilines is 1. The topological polar surface area (TPSA) is 102 Å². The average Bonchev–Trinajstić information content (AvgIpc) is 3.23. The molecule has 2 aliphatic heterocycles. The summed E-state index contributed by atoms with van der Waals surface area (Å²) in [6, 6.07) is 0.895. The number of ether oxygens (including phenoxy) is 1. The van der Waals surface area contributed by atoms with Gasteiger partial charge in [0, 0.05) is 44.2 Å². The van der Waals surface area contributed by atoms with Crippen LogP contribution in [0.15, 0.2) is 24.5 Å². The van der Waals surface area contributed by atoms with E-state index in [1.807, 2.05) is 6.92 Å². The van der Waals surface area contributed by atoms with Crippen molar-refractivity contribution in [2.75, 3.05) is 31.1 Å². The molecule has 0 saturated carbocycles. The smallest absolute Gasteiger partial charge is 0.225 e. The van der Waals surface area contributed by atoms with Crippen molar-refractivity contribution in [2.45, 2.75) is 56.9 Å². The predicted molar refractivity (Wildman–Crippen MR) is 130 cm³/mol. The monoisotopic (exact) mass is 527 g/mol. The normalized spacial score (nSPS) is 22.8. The van der Waals surface area contributed by atoms with Crippen molar-refractivity contribution in [3.63, 3.8) is 0 Å². The van der Waals surface area contributed by atoms with Gasteiger partial charge >= 0.3 is 0 Å². The molecule has 0 aliphatic carbocycles. The summed E-state index contributed by atoms with van der Waals surface area (Å²) < 4.78 is 73.6. The summed E-state index contributed by atoms with van der Waals surface area (Å²) in [4.78, 5) is 10.5. The molecule has 1 aromatic heterocycles. The molecule has 0 spiro atoms. The number of halogens is 3. The van der Waals surface area contributed by atoms with Gasteiger partial charge in [-0.2, -0.15) is 0 Å². The second kappa shape index (κ2) is 10.5. The Bertz CT molecular complexity index is 1170. The zero-order valence-corrected chi connectivity index (χ0v) is 21.4. The Morgan fingerprint density at radius 3 is 2.22 bits per heavy atom. The first-order valence-corrected chi connectivity index (χ1v) is 13.6. The third kappa shape index (κ3) is 5.45. The van der Waals surface area contributed by atoms with Gasteiger partial charge in [-0.25, -0.2) is 35.9 Å². The first-order chi connectivity index (χ1) is 17.0. The van der Waals surface area contributed by atoms with Crippen molar-refractivity contribution in [3.8, 4) is 5.75 Å². The van der Waals surface area contributed by atoms with E-state index in [-0.39, 0.29) is 24.1 Å². The Hall–Kier alpha value is -2.44. The van der Waals surface area contributed by atoms with Gasteiger partial charge in [0.1, 0.15) is 5.82 Å².